The number of amides is 1. The number of carbonyl (C=O) groups is 1. The van der Waals surface area contributed by atoms with Crippen molar-refractivity contribution >= 4 is 22.4 Å². The van der Waals surface area contributed by atoms with Gasteiger partial charge in [0.05, 0.1) is 0 Å². The van der Waals surface area contributed by atoms with Crippen molar-refractivity contribution in [3.05, 3.63) is 40.7 Å². The van der Waals surface area contributed by atoms with Crippen molar-refractivity contribution in [3.63, 3.8) is 0 Å². The molecule has 2 aromatic heterocycles. The Morgan fingerprint density at radius 1 is 1.38 bits per heavy atom. The summed E-state index contributed by atoms with van der Waals surface area (Å²) in [5.41, 5.74) is 2.40. The molecule has 1 unspecified atom stereocenters. The van der Waals surface area contributed by atoms with Crippen molar-refractivity contribution in [1.82, 2.24) is 14.9 Å². The maximum absolute atomic E-state index is 11.1. The largest absolute Gasteiger partial charge is 0.302 e. The summed E-state index contributed by atoms with van der Waals surface area (Å²) in [6, 6.07) is 4.29. The van der Waals surface area contributed by atoms with Crippen molar-refractivity contribution < 1.29 is 4.79 Å². The summed E-state index contributed by atoms with van der Waals surface area (Å²) in [5, 5.41) is 3.44. The molecule has 6 heteroatoms. The van der Waals surface area contributed by atoms with Crippen molar-refractivity contribution in [1.29, 1.82) is 0 Å². The Hall–Kier alpha value is -1.79. The monoisotopic (exact) mass is 344 g/mol. The summed E-state index contributed by atoms with van der Waals surface area (Å²) in [6.07, 6.45) is 7.38. The Morgan fingerprint density at radius 3 is 3.00 bits per heavy atom. The van der Waals surface area contributed by atoms with Crippen LogP contribution in [0.4, 0.5) is 5.13 Å². The van der Waals surface area contributed by atoms with Crippen LogP contribution in [0.15, 0.2) is 24.5 Å². The van der Waals surface area contributed by atoms with Crippen LogP contribution in [0.5, 0.6) is 0 Å². The fraction of sp³-hybridized carbons (Fsp3) is 0.500. The van der Waals surface area contributed by atoms with Gasteiger partial charge in [-0.05, 0) is 50.3 Å². The van der Waals surface area contributed by atoms with Gasteiger partial charge in [-0.2, -0.15) is 0 Å². The van der Waals surface area contributed by atoms with E-state index in [1.54, 1.807) is 11.3 Å². The van der Waals surface area contributed by atoms with Crippen molar-refractivity contribution in [3.8, 4) is 0 Å². The number of anilines is 1. The van der Waals surface area contributed by atoms with Crippen LogP contribution in [0.3, 0.4) is 0 Å². The van der Waals surface area contributed by atoms with Crippen LogP contribution in [0.2, 0.25) is 0 Å². The fourth-order valence-electron chi connectivity index (χ4n) is 3.19. The molecule has 128 valence electrons. The van der Waals surface area contributed by atoms with E-state index in [0.29, 0.717) is 11.0 Å². The lowest BCUT2D eigenvalue weighted by Gasteiger charge is -2.32. The van der Waals surface area contributed by atoms with Gasteiger partial charge in [-0.25, -0.2) is 4.98 Å². The summed E-state index contributed by atoms with van der Waals surface area (Å²) in [6.45, 7) is 6.72. The molecule has 0 bridgehead atoms. The van der Waals surface area contributed by atoms with Crippen molar-refractivity contribution in [2.75, 3.05) is 18.4 Å². The molecule has 1 amide bonds. The van der Waals surface area contributed by atoms with Gasteiger partial charge in [0, 0.05) is 43.0 Å². The van der Waals surface area contributed by atoms with Crippen LogP contribution < -0.4 is 5.32 Å². The normalized spacial score (nSPS) is 18.5. The highest BCUT2D eigenvalue weighted by Gasteiger charge is 2.21. The Balaban J connectivity index is 1.54. The first-order valence-electron chi connectivity index (χ1n) is 8.44. The molecule has 0 radical (unpaired) electrons. The number of nitrogens with one attached hydrogen (secondary N) is 1. The average Bonchev–Trinajstić information content (AvgIpc) is 2.96. The summed E-state index contributed by atoms with van der Waals surface area (Å²) in [4.78, 5) is 23.6. The Kier molecular flexibility index (Phi) is 5.58. The van der Waals surface area contributed by atoms with Crippen LogP contribution >= 0.6 is 11.3 Å². The van der Waals surface area contributed by atoms with Gasteiger partial charge in [0.25, 0.3) is 0 Å². The zero-order valence-electron chi connectivity index (χ0n) is 14.3. The SMILES string of the molecule is CC(=O)Nc1ncc(CN2CCCC(Cc3ccc(C)cn3)C2)s1. The minimum absolute atomic E-state index is 0.0699. The molecule has 0 aromatic carbocycles. The van der Waals surface area contributed by atoms with E-state index in [0.717, 1.165) is 26.1 Å². The lowest BCUT2D eigenvalue weighted by atomic mass is 9.93. The smallest absolute Gasteiger partial charge is 0.223 e. The first-order valence-corrected chi connectivity index (χ1v) is 9.26. The molecular formula is C18H24N4OS. The van der Waals surface area contributed by atoms with E-state index in [-0.39, 0.29) is 5.91 Å². The van der Waals surface area contributed by atoms with E-state index >= 15 is 0 Å². The molecule has 0 aliphatic carbocycles. The van der Waals surface area contributed by atoms with Crippen LogP contribution in [-0.2, 0) is 17.8 Å². The number of rotatable bonds is 5. The minimum atomic E-state index is -0.0699. The maximum atomic E-state index is 11.1. The van der Waals surface area contributed by atoms with E-state index < -0.39 is 0 Å². The standard InChI is InChI=1S/C18H24N4OS/c1-13-5-6-16(19-9-13)8-15-4-3-7-22(11-15)12-17-10-20-18(24-17)21-14(2)23/h5-6,9-10,15H,3-4,7-8,11-12H2,1-2H3,(H,20,21,23). The van der Waals surface area contributed by atoms with Crippen molar-refractivity contribution in [2.24, 2.45) is 5.92 Å². The molecule has 1 saturated heterocycles. The molecule has 1 atom stereocenters. The molecule has 1 aliphatic heterocycles. The number of hydrogen-bond donors (Lipinski definition) is 1. The lowest BCUT2D eigenvalue weighted by molar-refractivity contribution is -0.114. The number of aromatic nitrogens is 2. The summed E-state index contributed by atoms with van der Waals surface area (Å²) in [5.74, 6) is 0.594. The molecular weight excluding hydrogens is 320 g/mol. The maximum Gasteiger partial charge on any atom is 0.223 e. The second-order valence-electron chi connectivity index (χ2n) is 6.59. The number of aryl methyl sites for hydroxylation is 1. The van der Waals surface area contributed by atoms with Crippen LogP contribution in [0.1, 0.15) is 35.9 Å². The minimum Gasteiger partial charge on any atom is -0.302 e. The van der Waals surface area contributed by atoms with Gasteiger partial charge in [0.15, 0.2) is 5.13 Å². The summed E-state index contributed by atoms with van der Waals surface area (Å²) < 4.78 is 0. The van der Waals surface area contributed by atoms with E-state index in [1.165, 1.54) is 35.9 Å². The Labute approximate surface area is 147 Å². The van der Waals surface area contributed by atoms with E-state index in [4.69, 9.17) is 0 Å². The fourth-order valence-corrected chi connectivity index (χ4v) is 4.09. The van der Waals surface area contributed by atoms with Gasteiger partial charge in [-0.15, -0.1) is 11.3 Å². The molecule has 1 aliphatic rings. The van der Waals surface area contributed by atoms with Gasteiger partial charge >= 0.3 is 0 Å². The number of nitrogens with zero attached hydrogens (tertiary/aromatic N) is 3. The van der Waals surface area contributed by atoms with Gasteiger partial charge in [-0.3, -0.25) is 14.7 Å². The van der Waals surface area contributed by atoms with E-state index in [9.17, 15) is 4.79 Å². The van der Waals surface area contributed by atoms with Gasteiger partial charge < -0.3 is 5.32 Å². The molecule has 1 N–H and O–H groups in total. The first kappa shape index (κ1) is 17.0. The highest BCUT2D eigenvalue weighted by Crippen LogP contribution is 2.24. The third-order valence-corrected chi connectivity index (χ3v) is 5.19. The van der Waals surface area contributed by atoms with Crippen LogP contribution in [0.25, 0.3) is 0 Å². The predicted octanol–water partition coefficient (Wildman–Crippen LogP) is 3.26. The Bertz CT molecular complexity index is 683. The quantitative estimate of drug-likeness (QED) is 0.904. The van der Waals surface area contributed by atoms with Crippen molar-refractivity contribution in [2.45, 2.75) is 39.7 Å². The third kappa shape index (κ3) is 4.85. The summed E-state index contributed by atoms with van der Waals surface area (Å²) in [7, 11) is 0. The topological polar surface area (TPSA) is 58.1 Å². The molecule has 3 heterocycles. The zero-order valence-corrected chi connectivity index (χ0v) is 15.1. The number of carbonyl (C=O) groups excluding carboxylic acids is 1. The predicted molar refractivity (Wildman–Crippen MR) is 97.1 cm³/mol. The third-order valence-electron chi connectivity index (χ3n) is 4.29. The first-order chi connectivity index (χ1) is 11.6. The number of likely N-dealkylation sites (tertiary alicyclic amines) is 1. The molecule has 0 spiro atoms. The molecule has 2 aromatic rings. The highest BCUT2D eigenvalue weighted by molar-refractivity contribution is 7.15. The van der Waals surface area contributed by atoms with Gasteiger partial charge in [0.1, 0.15) is 0 Å². The number of hydrogen-bond acceptors (Lipinski definition) is 5. The van der Waals surface area contributed by atoms with Crippen LogP contribution in [0, 0.1) is 12.8 Å². The van der Waals surface area contributed by atoms with E-state index in [2.05, 4.69) is 39.2 Å². The number of pyridine rings is 1. The Morgan fingerprint density at radius 2 is 2.25 bits per heavy atom. The molecule has 5 nitrogen and oxygen atoms in total. The number of thiazole rings is 1. The molecule has 3 rings (SSSR count). The highest BCUT2D eigenvalue weighted by atomic mass is 32.1. The van der Waals surface area contributed by atoms with Crippen LogP contribution in [-0.4, -0.2) is 33.9 Å². The summed E-state index contributed by atoms with van der Waals surface area (Å²) >= 11 is 1.56. The average molecular weight is 344 g/mol. The number of piperidine rings is 1. The lowest BCUT2D eigenvalue weighted by Crippen LogP contribution is -2.35. The second-order valence-corrected chi connectivity index (χ2v) is 7.70. The van der Waals surface area contributed by atoms with Gasteiger partial charge in [0.2, 0.25) is 5.91 Å². The molecule has 0 saturated carbocycles. The zero-order chi connectivity index (χ0) is 16.9. The van der Waals surface area contributed by atoms with Gasteiger partial charge in [-0.1, -0.05) is 6.07 Å². The molecule has 24 heavy (non-hydrogen) atoms. The molecule has 1 fully saturated rings. The second kappa shape index (κ2) is 7.85. The van der Waals surface area contributed by atoms with E-state index in [1.807, 2.05) is 12.4 Å².